The van der Waals surface area contributed by atoms with E-state index in [0.29, 0.717) is 29.5 Å². The summed E-state index contributed by atoms with van der Waals surface area (Å²) in [7, 11) is 0. The Morgan fingerprint density at radius 1 is 1.33 bits per heavy atom. The molecule has 0 aliphatic heterocycles. The Hall–Kier alpha value is -0.680. The predicted octanol–water partition coefficient (Wildman–Crippen LogP) is 3.52. The highest BCUT2D eigenvalue weighted by Gasteiger charge is 2.14. The Bertz CT molecular complexity index is 444. The first-order valence-electron chi connectivity index (χ1n) is 5.61. The Labute approximate surface area is 123 Å². The lowest BCUT2D eigenvalue weighted by Gasteiger charge is -2.08. The van der Waals surface area contributed by atoms with Gasteiger partial charge < -0.3 is 4.74 Å². The molecule has 0 radical (unpaired) electrons. The number of ether oxygens (including phenoxy) is 1. The number of hydrogen-bond donors (Lipinski definition) is 0. The summed E-state index contributed by atoms with van der Waals surface area (Å²) in [5.41, 5.74) is 1.29. The number of Topliss-reactive ketones (excluding diaryl/α,β-unsaturated/α-hetero) is 1. The minimum atomic E-state index is -0.316. The van der Waals surface area contributed by atoms with Gasteiger partial charge >= 0.3 is 5.97 Å². The van der Waals surface area contributed by atoms with Gasteiger partial charge in [-0.15, -0.1) is 0 Å². The van der Waals surface area contributed by atoms with E-state index in [1.54, 1.807) is 25.1 Å². The Morgan fingerprint density at radius 3 is 2.67 bits per heavy atom. The summed E-state index contributed by atoms with van der Waals surface area (Å²) >= 11 is 6.58. The van der Waals surface area contributed by atoms with E-state index in [4.69, 9.17) is 4.74 Å². The molecule has 0 fully saturated rings. The molecular formula is C13H14Br2O3. The van der Waals surface area contributed by atoms with Crippen LogP contribution in [0.4, 0.5) is 0 Å². The topological polar surface area (TPSA) is 43.4 Å². The highest BCUT2D eigenvalue weighted by Crippen LogP contribution is 2.19. The number of rotatable bonds is 6. The van der Waals surface area contributed by atoms with Crippen LogP contribution < -0.4 is 0 Å². The van der Waals surface area contributed by atoms with Crippen molar-refractivity contribution in [2.24, 2.45) is 0 Å². The summed E-state index contributed by atoms with van der Waals surface area (Å²) in [6, 6.07) is 5.33. The number of carbonyl (C=O) groups is 2. The lowest BCUT2D eigenvalue weighted by Crippen LogP contribution is -2.12. The molecule has 0 saturated heterocycles. The molecule has 0 amide bonds. The van der Waals surface area contributed by atoms with E-state index in [9.17, 15) is 9.59 Å². The molecule has 0 spiro atoms. The molecule has 3 nitrogen and oxygen atoms in total. The lowest BCUT2D eigenvalue weighted by molar-refractivity contribution is -0.142. The minimum absolute atomic E-state index is 0.0265. The van der Waals surface area contributed by atoms with Gasteiger partial charge in [0.05, 0.1) is 13.0 Å². The van der Waals surface area contributed by atoms with Crippen molar-refractivity contribution >= 4 is 43.6 Å². The number of esters is 1. The number of halogens is 2. The second-order valence-corrected chi connectivity index (χ2v) is 5.35. The molecule has 0 aliphatic carbocycles. The fourth-order valence-electron chi connectivity index (χ4n) is 1.57. The summed E-state index contributed by atoms with van der Waals surface area (Å²) in [6.45, 7) is 2.10. The molecule has 0 aromatic heterocycles. The van der Waals surface area contributed by atoms with Crippen molar-refractivity contribution in [3.05, 3.63) is 33.8 Å². The first-order valence-corrected chi connectivity index (χ1v) is 7.53. The van der Waals surface area contributed by atoms with Crippen LogP contribution in [0.15, 0.2) is 22.7 Å². The highest BCUT2D eigenvalue weighted by atomic mass is 79.9. The van der Waals surface area contributed by atoms with Gasteiger partial charge in [-0.05, 0) is 24.6 Å². The molecule has 0 bridgehead atoms. The largest absolute Gasteiger partial charge is 0.466 e. The fraction of sp³-hybridized carbons (Fsp3) is 0.385. The van der Waals surface area contributed by atoms with Crippen molar-refractivity contribution < 1.29 is 14.3 Å². The first-order chi connectivity index (χ1) is 8.58. The number of alkyl halides is 1. The SMILES string of the molecule is CCOC(=O)Cc1cc(Br)ccc1C(=O)CCBr. The first kappa shape index (κ1) is 15.4. The maximum absolute atomic E-state index is 11.9. The van der Waals surface area contributed by atoms with Crippen LogP contribution in [-0.4, -0.2) is 23.7 Å². The molecule has 98 valence electrons. The summed E-state index contributed by atoms with van der Waals surface area (Å²) < 4.78 is 5.75. The quantitative estimate of drug-likeness (QED) is 0.432. The normalized spacial score (nSPS) is 10.2. The second-order valence-electron chi connectivity index (χ2n) is 3.65. The zero-order valence-corrected chi connectivity index (χ0v) is 13.2. The third-order valence-corrected chi connectivity index (χ3v) is 3.22. The van der Waals surface area contributed by atoms with Crippen molar-refractivity contribution in [3.8, 4) is 0 Å². The smallest absolute Gasteiger partial charge is 0.310 e. The summed E-state index contributed by atoms with van der Waals surface area (Å²) in [5.74, 6) is -0.290. The van der Waals surface area contributed by atoms with E-state index in [1.165, 1.54) is 0 Å². The van der Waals surface area contributed by atoms with Gasteiger partial charge in [0.1, 0.15) is 0 Å². The maximum Gasteiger partial charge on any atom is 0.310 e. The predicted molar refractivity (Wildman–Crippen MR) is 77.2 cm³/mol. The number of ketones is 1. The molecule has 1 rings (SSSR count). The van der Waals surface area contributed by atoms with E-state index in [2.05, 4.69) is 31.9 Å². The third-order valence-electron chi connectivity index (χ3n) is 2.33. The monoisotopic (exact) mass is 376 g/mol. The summed E-state index contributed by atoms with van der Waals surface area (Å²) in [4.78, 5) is 23.4. The standard InChI is InChI=1S/C13H14Br2O3/c1-2-18-13(17)8-9-7-10(15)3-4-11(9)12(16)5-6-14/h3-4,7H,2,5-6,8H2,1H3. The van der Waals surface area contributed by atoms with Gasteiger partial charge in [-0.3, -0.25) is 9.59 Å². The van der Waals surface area contributed by atoms with Crippen LogP contribution in [0.25, 0.3) is 0 Å². The van der Waals surface area contributed by atoms with Crippen molar-refractivity contribution in [2.75, 3.05) is 11.9 Å². The van der Waals surface area contributed by atoms with Crippen LogP contribution in [0, 0.1) is 0 Å². The van der Waals surface area contributed by atoms with E-state index in [-0.39, 0.29) is 18.2 Å². The molecule has 0 aliphatic rings. The van der Waals surface area contributed by atoms with Crippen LogP contribution in [0.3, 0.4) is 0 Å². The molecular weight excluding hydrogens is 364 g/mol. The third kappa shape index (κ3) is 4.53. The van der Waals surface area contributed by atoms with Crippen molar-refractivity contribution in [1.82, 2.24) is 0 Å². The summed E-state index contributed by atoms with van der Waals surface area (Å²) in [6.07, 6.45) is 0.536. The van der Waals surface area contributed by atoms with Gasteiger partial charge in [-0.25, -0.2) is 0 Å². The average molecular weight is 378 g/mol. The molecule has 1 aromatic carbocycles. The lowest BCUT2D eigenvalue weighted by atomic mass is 10.00. The van der Waals surface area contributed by atoms with E-state index >= 15 is 0 Å². The Morgan fingerprint density at radius 2 is 2.06 bits per heavy atom. The molecule has 0 atom stereocenters. The van der Waals surface area contributed by atoms with Gasteiger partial charge in [-0.2, -0.15) is 0 Å². The zero-order valence-electron chi connectivity index (χ0n) is 10.0. The van der Waals surface area contributed by atoms with Crippen LogP contribution in [-0.2, 0) is 16.0 Å². The molecule has 1 aromatic rings. The molecule has 0 heterocycles. The van der Waals surface area contributed by atoms with E-state index in [1.807, 2.05) is 0 Å². The minimum Gasteiger partial charge on any atom is -0.466 e. The number of benzene rings is 1. The van der Waals surface area contributed by atoms with Gasteiger partial charge in [0.15, 0.2) is 5.78 Å². The summed E-state index contributed by atoms with van der Waals surface area (Å²) in [5, 5.41) is 0.612. The second kappa shape index (κ2) is 7.69. The van der Waals surface area contributed by atoms with Crippen LogP contribution in [0.2, 0.25) is 0 Å². The number of hydrogen-bond acceptors (Lipinski definition) is 3. The maximum atomic E-state index is 11.9. The van der Waals surface area contributed by atoms with Crippen LogP contribution >= 0.6 is 31.9 Å². The number of carbonyl (C=O) groups excluding carboxylic acids is 2. The Balaban J connectivity index is 2.96. The van der Waals surface area contributed by atoms with Crippen LogP contribution in [0.5, 0.6) is 0 Å². The van der Waals surface area contributed by atoms with Gasteiger partial charge in [-0.1, -0.05) is 37.9 Å². The van der Waals surface area contributed by atoms with E-state index in [0.717, 1.165) is 4.47 Å². The van der Waals surface area contributed by atoms with Gasteiger partial charge in [0, 0.05) is 21.8 Å². The molecule has 0 unspecified atom stereocenters. The molecule has 5 heteroatoms. The fourth-order valence-corrected chi connectivity index (χ4v) is 2.34. The van der Waals surface area contributed by atoms with Gasteiger partial charge in [0.2, 0.25) is 0 Å². The van der Waals surface area contributed by atoms with Crippen molar-refractivity contribution in [1.29, 1.82) is 0 Å². The average Bonchev–Trinajstić information content (AvgIpc) is 2.29. The highest BCUT2D eigenvalue weighted by molar-refractivity contribution is 9.10. The molecule has 0 saturated carbocycles. The molecule has 18 heavy (non-hydrogen) atoms. The van der Waals surface area contributed by atoms with Gasteiger partial charge in [0.25, 0.3) is 0 Å². The van der Waals surface area contributed by atoms with Crippen molar-refractivity contribution in [2.45, 2.75) is 19.8 Å². The molecule has 0 N–H and O–H groups in total. The zero-order chi connectivity index (χ0) is 13.5. The van der Waals surface area contributed by atoms with Crippen LogP contribution in [0.1, 0.15) is 29.3 Å². The van der Waals surface area contributed by atoms with E-state index < -0.39 is 0 Å². The Kier molecular flexibility index (Phi) is 6.57. The van der Waals surface area contributed by atoms with Crippen molar-refractivity contribution in [3.63, 3.8) is 0 Å².